The molecular formula is C23H30ClN4O2+. The summed E-state index contributed by atoms with van der Waals surface area (Å²) in [7, 11) is 2.26. The van der Waals surface area contributed by atoms with E-state index in [1.807, 2.05) is 18.2 Å². The third kappa shape index (κ3) is 6.47. The van der Waals surface area contributed by atoms with Crippen LogP contribution >= 0.6 is 11.6 Å². The predicted octanol–water partition coefficient (Wildman–Crippen LogP) is 2.56. The van der Waals surface area contributed by atoms with Crippen LogP contribution in [0.5, 0.6) is 0 Å². The summed E-state index contributed by atoms with van der Waals surface area (Å²) < 4.78 is 0. The van der Waals surface area contributed by atoms with E-state index in [9.17, 15) is 9.59 Å². The van der Waals surface area contributed by atoms with Gasteiger partial charge in [0.2, 0.25) is 0 Å². The second-order valence-electron chi connectivity index (χ2n) is 7.88. The van der Waals surface area contributed by atoms with Gasteiger partial charge in [-0.15, -0.1) is 0 Å². The second-order valence-corrected chi connectivity index (χ2v) is 8.31. The Hall–Kier alpha value is -2.57. The lowest BCUT2D eigenvalue weighted by Gasteiger charge is -2.28. The van der Waals surface area contributed by atoms with Gasteiger partial charge in [-0.25, -0.2) is 0 Å². The minimum atomic E-state index is -0.391. The molecule has 4 N–H and O–H groups in total. The summed E-state index contributed by atoms with van der Waals surface area (Å²) in [6.07, 6.45) is 6.58. The first-order chi connectivity index (χ1) is 14.5. The monoisotopic (exact) mass is 429 g/mol. The number of carbonyl (C=O) groups is 2. The van der Waals surface area contributed by atoms with Gasteiger partial charge in [0.05, 0.1) is 19.6 Å². The molecular weight excluding hydrogens is 400 g/mol. The number of quaternary nitrogens is 1. The molecule has 3 rings (SSSR count). The summed E-state index contributed by atoms with van der Waals surface area (Å²) in [6, 6.07) is 15.2. The fraction of sp³-hybridized carbons (Fsp3) is 0.391. The minimum Gasteiger partial charge on any atom is -0.376 e. The van der Waals surface area contributed by atoms with Crippen molar-refractivity contribution in [2.75, 3.05) is 18.9 Å². The summed E-state index contributed by atoms with van der Waals surface area (Å²) >= 11 is 5.82. The Morgan fingerprint density at radius 3 is 2.43 bits per heavy atom. The van der Waals surface area contributed by atoms with Crippen LogP contribution in [0, 0.1) is 0 Å². The van der Waals surface area contributed by atoms with Gasteiger partial charge in [0, 0.05) is 21.8 Å². The summed E-state index contributed by atoms with van der Waals surface area (Å²) in [5, 5.41) is 3.75. The van der Waals surface area contributed by atoms with Crippen LogP contribution in [0.2, 0.25) is 5.02 Å². The molecule has 7 heteroatoms. The lowest BCUT2D eigenvalue weighted by molar-refractivity contribution is -0.921. The van der Waals surface area contributed by atoms with Gasteiger partial charge in [-0.05, 0) is 56.0 Å². The van der Waals surface area contributed by atoms with E-state index in [1.54, 1.807) is 24.3 Å². The van der Waals surface area contributed by atoms with Gasteiger partial charge in [0.15, 0.2) is 0 Å². The van der Waals surface area contributed by atoms with Crippen molar-refractivity contribution in [1.82, 2.24) is 10.9 Å². The standard InChI is InChI=1S/C23H29ClN4O2/c1-28(20-8-3-2-4-9-20)16-18-7-5-6-10-21(18)25-15-22(29)26-27-23(30)17-11-13-19(24)14-12-17/h5-7,10-14,20,25H,2-4,8-9,15-16H2,1H3,(H,26,29)(H,27,30)/p+1. The zero-order valence-electron chi connectivity index (χ0n) is 17.3. The molecule has 1 saturated carbocycles. The van der Waals surface area contributed by atoms with Crippen molar-refractivity contribution in [1.29, 1.82) is 0 Å². The second kappa shape index (κ2) is 11.0. The van der Waals surface area contributed by atoms with Crippen LogP contribution in [0.1, 0.15) is 48.0 Å². The fourth-order valence-corrected chi connectivity index (χ4v) is 4.03. The Labute approximate surface area is 183 Å². The number of carbonyl (C=O) groups excluding carboxylic acids is 2. The number of hydrazine groups is 1. The first kappa shape index (κ1) is 22.1. The van der Waals surface area contributed by atoms with Crippen LogP contribution in [0.15, 0.2) is 48.5 Å². The number of rotatable bonds is 7. The highest BCUT2D eigenvalue weighted by Crippen LogP contribution is 2.17. The quantitative estimate of drug-likeness (QED) is 0.511. The third-order valence-corrected chi connectivity index (χ3v) is 5.90. The molecule has 0 saturated heterocycles. The average Bonchev–Trinajstić information content (AvgIpc) is 2.78. The van der Waals surface area contributed by atoms with E-state index in [1.165, 1.54) is 42.6 Å². The molecule has 1 aliphatic rings. The number of benzene rings is 2. The molecule has 1 unspecified atom stereocenters. The molecule has 0 bridgehead atoms. The van der Waals surface area contributed by atoms with Gasteiger partial charge in [0.1, 0.15) is 6.54 Å². The molecule has 0 aliphatic heterocycles. The van der Waals surface area contributed by atoms with Crippen molar-refractivity contribution in [3.8, 4) is 0 Å². The molecule has 2 aromatic rings. The van der Waals surface area contributed by atoms with Crippen molar-refractivity contribution in [3.05, 3.63) is 64.7 Å². The van der Waals surface area contributed by atoms with Gasteiger partial charge < -0.3 is 10.2 Å². The Morgan fingerprint density at radius 2 is 1.70 bits per heavy atom. The molecule has 2 amide bonds. The van der Waals surface area contributed by atoms with Crippen LogP contribution in [0.3, 0.4) is 0 Å². The molecule has 30 heavy (non-hydrogen) atoms. The van der Waals surface area contributed by atoms with Gasteiger partial charge in [-0.2, -0.15) is 0 Å². The number of para-hydroxylation sites is 1. The topological polar surface area (TPSA) is 74.7 Å². The molecule has 2 aromatic carbocycles. The van der Waals surface area contributed by atoms with E-state index < -0.39 is 5.91 Å². The lowest BCUT2D eigenvalue weighted by atomic mass is 9.94. The van der Waals surface area contributed by atoms with Gasteiger partial charge in [-0.1, -0.05) is 36.2 Å². The third-order valence-electron chi connectivity index (χ3n) is 5.65. The van der Waals surface area contributed by atoms with Crippen LogP contribution < -0.4 is 21.1 Å². The van der Waals surface area contributed by atoms with Crippen LogP contribution in [-0.2, 0) is 11.3 Å². The van der Waals surface area contributed by atoms with Gasteiger partial charge in [-0.3, -0.25) is 20.4 Å². The Bertz CT molecular complexity index is 851. The van der Waals surface area contributed by atoms with Crippen LogP contribution in [0.4, 0.5) is 5.69 Å². The van der Waals surface area contributed by atoms with E-state index in [-0.39, 0.29) is 12.5 Å². The molecule has 6 nitrogen and oxygen atoms in total. The Balaban J connectivity index is 1.48. The van der Waals surface area contributed by atoms with E-state index in [4.69, 9.17) is 11.6 Å². The Kier molecular flexibility index (Phi) is 8.11. The molecule has 1 fully saturated rings. The smallest absolute Gasteiger partial charge is 0.269 e. The summed E-state index contributed by atoms with van der Waals surface area (Å²) in [4.78, 5) is 25.8. The number of halogens is 1. The highest BCUT2D eigenvalue weighted by atomic mass is 35.5. The predicted molar refractivity (Wildman–Crippen MR) is 119 cm³/mol. The van der Waals surface area contributed by atoms with Gasteiger partial charge >= 0.3 is 0 Å². The Morgan fingerprint density at radius 1 is 1.00 bits per heavy atom. The molecule has 0 spiro atoms. The molecule has 1 aliphatic carbocycles. The summed E-state index contributed by atoms with van der Waals surface area (Å²) in [6.45, 7) is 0.989. The van der Waals surface area contributed by atoms with E-state index in [0.29, 0.717) is 16.6 Å². The summed E-state index contributed by atoms with van der Waals surface area (Å²) in [5.41, 5.74) is 7.42. The number of anilines is 1. The largest absolute Gasteiger partial charge is 0.376 e. The molecule has 0 heterocycles. The van der Waals surface area contributed by atoms with Crippen molar-refractivity contribution < 1.29 is 14.5 Å². The molecule has 160 valence electrons. The maximum absolute atomic E-state index is 12.2. The van der Waals surface area contributed by atoms with Crippen molar-refractivity contribution in [2.24, 2.45) is 0 Å². The SMILES string of the molecule is C[NH+](Cc1ccccc1NCC(=O)NNC(=O)c1ccc(Cl)cc1)C1CCCCC1. The first-order valence-electron chi connectivity index (χ1n) is 10.5. The first-order valence-corrected chi connectivity index (χ1v) is 10.9. The van der Waals surface area contributed by atoms with E-state index in [2.05, 4.69) is 29.3 Å². The van der Waals surface area contributed by atoms with Gasteiger partial charge in [0.25, 0.3) is 11.8 Å². The van der Waals surface area contributed by atoms with Crippen LogP contribution in [-0.4, -0.2) is 31.4 Å². The molecule has 1 atom stereocenters. The maximum Gasteiger partial charge on any atom is 0.269 e. The number of amides is 2. The lowest BCUT2D eigenvalue weighted by Crippen LogP contribution is -3.11. The maximum atomic E-state index is 12.2. The highest BCUT2D eigenvalue weighted by Gasteiger charge is 2.22. The van der Waals surface area contributed by atoms with E-state index in [0.717, 1.165) is 12.2 Å². The van der Waals surface area contributed by atoms with E-state index >= 15 is 0 Å². The highest BCUT2D eigenvalue weighted by molar-refractivity contribution is 6.30. The molecule has 0 aromatic heterocycles. The normalized spacial score (nSPS) is 15.3. The number of hydrogen-bond acceptors (Lipinski definition) is 3. The van der Waals surface area contributed by atoms with Crippen molar-refractivity contribution in [3.63, 3.8) is 0 Å². The summed E-state index contributed by atoms with van der Waals surface area (Å²) in [5.74, 6) is -0.710. The van der Waals surface area contributed by atoms with Crippen LogP contribution in [0.25, 0.3) is 0 Å². The number of nitrogens with one attached hydrogen (secondary N) is 4. The minimum absolute atomic E-state index is 0.0698. The average molecular weight is 430 g/mol. The fourth-order valence-electron chi connectivity index (χ4n) is 3.91. The van der Waals surface area contributed by atoms with Crippen molar-refractivity contribution >= 4 is 29.1 Å². The molecule has 0 radical (unpaired) electrons. The zero-order chi connectivity index (χ0) is 21.3. The number of hydrogen-bond donors (Lipinski definition) is 4. The zero-order valence-corrected chi connectivity index (χ0v) is 18.1. The van der Waals surface area contributed by atoms with Crippen molar-refractivity contribution in [2.45, 2.75) is 44.7 Å².